The average molecular weight is 346 g/mol. The Kier molecular flexibility index (Phi) is 3.79. The summed E-state index contributed by atoms with van der Waals surface area (Å²) in [6, 6.07) is 5.21. The first-order valence-electron chi connectivity index (χ1n) is 5.93. The van der Waals surface area contributed by atoms with Crippen LogP contribution in [0.15, 0.2) is 40.8 Å². The van der Waals surface area contributed by atoms with Gasteiger partial charge in [0.25, 0.3) is 0 Å². The van der Waals surface area contributed by atoms with Gasteiger partial charge in [0.05, 0.1) is 11.9 Å². The van der Waals surface area contributed by atoms with Gasteiger partial charge in [-0.1, -0.05) is 11.6 Å². The lowest BCUT2D eigenvalue weighted by Crippen LogP contribution is -2.16. The van der Waals surface area contributed by atoms with Gasteiger partial charge in [-0.05, 0) is 24.3 Å². The van der Waals surface area contributed by atoms with Gasteiger partial charge in [-0.25, -0.2) is 4.98 Å². The lowest BCUT2D eigenvalue weighted by molar-refractivity contribution is -0.274. The number of hydrogen-bond acceptors (Lipinski definition) is 4. The third-order valence-corrected chi connectivity index (χ3v) is 3.70. The molecule has 0 amide bonds. The van der Waals surface area contributed by atoms with Crippen LogP contribution in [0.2, 0.25) is 5.15 Å². The summed E-state index contributed by atoms with van der Waals surface area (Å²) in [6.07, 6.45) is -1.39. The van der Waals surface area contributed by atoms with E-state index in [1.807, 2.05) is 5.38 Å². The van der Waals surface area contributed by atoms with E-state index < -0.39 is 6.36 Å². The lowest BCUT2D eigenvalue weighted by atomic mass is 10.3. The number of alkyl halides is 3. The van der Waals surface area contributed by atoms with Gasteiger partial charge in [0.2, 0.25) is 0 Å². The maximum atomic E-state index is 12.1. The maximum absolute atomic E-state index is 12.1. The zero-order chi connectivity index (χ0) is 15.7. The molecule has 0 radical (unpaired) electrons. The van der Waals surface area contributed by atoms with Crippen molar-refractivity contribution in [1.29, 1.82) is 0 Å². The minimum atomic E-state index is -4.71. The molecule has 1 aromatic carbocycles. The smallest absolute Gasteiger partial charge is 0.406 e. The fraction of sp³-hybridized carbons (Fsp3) is 0.0769. The van der Waals surface area contributed by atoms with Crippen LogP contribution in [0.5, 0.6) is 5.75 Å². The summed E-state index contributed by atoms with van der Waals surface area (Å²) in [5.74, 6) is -0.297. The van der Waals surface area contributed by atoms with E-state index in [0.717, 1.165) is 4.96 Å². The van der Waals surface area contributed by atoms with Gasteiger partial charge < -0.3 is 4.74 Å². The van der Waals surface area contributed by atoms with Crippen molar-refractivity contribution in [2.24, 2.45) is 4.99 Å². The molecule has 0 bridgehead atoms. The minimum absolute atomic E-state index is 0.297. The molecule has 2 heterocycles. The molecule has 0 aliphatic rings. The Labute approximate surface area is 131 Å². The van der Waals surface area contributed by atoms with Crippen LogP contribution in [-0.4, -0.2) is 22.0 Å². The van der Waals surface area contributed by atoms with Crippen molar-refractivity contribution in [3.63, 3.8) is 0 Å². The molecule has 3 aromatic rings. The van der Waals surface area contributed by atoms with Crippen molar-refractivity contribution in [2.75, 3.05) is 0 Å². The summed E-state index contributed by atoms with van der Waals surface area (Å²) in [4.78, 5) is 9.06. The second kappa shape index (κ2) is 5.62. The molecule has 0 saturated carbocycles. The first-order chi connectivity index (χ1) is 10.4. The minimum Gasteiger partial charge on any atom is -0.406 e. The summed E-state index contributed by atoms with van der Waals surface area (Å²) in [5.41, 5.74) is 1.07. The SMILES string of the molecule is FC(F)(F)Oc1ccc(N=Cc2c(Cl)nc3sccn23)cc1. The molecule has 114 valence electrons. The Hall–Kier alpha value is -2.06. The molecule has 3 rings (SSSR count). The third-order valence-electron chi connectivity index (χ3n) is 2.66. The number of thiazole rings is 1. The Morgan fingerprint density at radius 1 is 1.27 bits per heavy atom. The van der Waals surface area contributed by atoms with Gasteiger partial charge >= 0.3 is 6.36 Å². The highest BCUT2D eigenvalue weighted by atomic mass is 35.5. The molecule has 0 N–H and O–H groups in total. The summed E-state index contributed by atoms with van der Waals surface area (Å²) in [7, 11) is 0. The molecule has 4 nitrogen and oxygen atoms in total. The quantitative estimate of drug-likeness (QED) is 0.645. The fourth-order valence-corrected chi connectivity index (χ4v) is 2.75. The molecule has 0 saturated heterocycles. The van der Waals surface area contributed by atoms with Gasteiger partial charge in [0.15, 0.2) is 10.1 Å². The van der Waals surface area contributed by atoms with E-state index in [4.69, 9.17) is 11.6 Å². The molecule has 0 unspecified atom stereocenters. The number of aliphatic imine (C=N–C) groups is 1. The number of rotatable bonds is 3. The van der Waals surface area contributed by atoms with Gasteiger partial charge in [0.1, 0.15) is 11.4 Å². The summed E-state index contributed by atoms with van der Waals surface area (Å²) >= 11 is 7.45. The largest absolute Gasteiger partial charge is 0.573 e. The number of nitrogens with zero attached hydrogens (tertiary/aromatic N) is 3. The Morgan fingerprint density at radius 3 is 2.68 bits per heavy atom. The Balaban J connectivity index is 1.81. The van der Waals surface area contributed by atoms with Gasteiger partial charge in [-0.15, -0.1) is 24.5 Å². The topological polar surface area (TPSA) is 38.9 Å². The molecular formula is C13H7ClF3N3OS. The molecule has 9 heteroatoms. The maximum Gasteiger partial charge on any atom is 0.573 e. The van der Waals surface area contributed by atoms with Gasteiger partial charge in [-0.3, -0.25) is 9.39 Å². The van der Waals surface area contributed by atoms with Crippen LogP contribution in [0.25, 0.3) is 4.96 Å². The Morgan fingerprint density at radius 2 is 2.00 bits per heavy atom. The van der Waals surface area contributed by atoms with E-state index in [1.54, 1.807) is 10.6 Å². The average Bonchev–Trinajstić information content (AvgIpc) is 2.97. The fourth-order valence-electron chi connectivity index (χ4n) is 1.76. The lowest BCUT2D eigenvalue weighted by Gasteiger charge is -2.08. The molecule has 0 aliphatic carbocycles. The highest BCUT2D eigenvalue weighted by Gasteiger charge is 2.30. The predicted octanol–water partition coefficient (Wildman–Crippen LogP) is 4.70. The van der Waals surface area contributed by atoms with E-state index in [0.29, 0.717) is 16.5 Å². The van der Waals surface area contributed by atoms with Crippen molar-refractivity contribution in [3.8, 4) is 5.75 Å². The first kappa shape index (κ1) is 14.9. The third kappa shape index (κ3) is 3.23. The van der Waals surface area contributed by atoms with Crippen LogP contribution >= 0.6 is 22.9 Å². The van der Waals surface area contributed by atoms with E-state index in [2.05, 4.69) is 14.7 Å². The molecule has 22 heavy (non-hydrogen) atoms. The molecule has 0 spiro atoms. The predicted molar refractivity (Wildman–Crippen MR) is 78.5 cm³/mol. The second-order valence-corrected chi connectivity index (χ2v) is 5.37. The van der Waals surface area contributed by atoms with Crippen LogP contribution in [0.1, 0.15) is 5.69 Å². The van der Waals surface area contributed by atoms with E-state index >= 15 is 0 Å². The first-order valence-corrected chi connectivity index (χ1v) is 7.19. The number of imidazole rings is 1. The number of ether oxygens (including phenoxy) is 1. The van der Waals surface area contributed by atoms with E-state index in [-0.39, 0.29) is 5.75 Å². The standard InChI is InChI=1S/C13H7ClF3N3OS/c14-11-10(20-5-6-22-12(20)19-11)7-18-8-1-3-9(4-2-8)21-13(15,16)17/h1-7H. The highest BCUT2D eigenvalue weighted by molar-refractivity contribution is 7.15. The van der Waals surface area contributed by atoms with Crippen LogP contribution in [0.3, 0.4) is 0 Å². The van der Waals surface area contributed by atoms with Crippen molar-refractivity contribution >= 4 is 39.8 Å². The summed E-state index contributed by atoms with van der Waals surface area (Å²) < 4.78 is 41.8. The van der Waals surface area contributed by atoms with Crippen molar-refractivity contribution in [2.45, 2.75) is 6.36 Å². The number of hydrogen-bond donors (Lipinski definition) is 0. The zero-order valence-corrected chi connectivity index (χ0v) is 12.3. The Bertz CT molecular complexity index is 823. The number of fused-ring (bicyclic) bond motifs is 1. The van der Waals surface area contributed by atoms with Crippen LogP contribution in [-0.2, 0) is 0 Å². The zero-order valence-electron chi connectivity index (χ0n) is 10.7. The van der Waals surface area contributed by atoms with Gasteiger partial charge in [-0.2, -0.15) is 0 Å². The number of benzene rings is 1. The van der Waals surface area contributed by atoms with E-state index in [1.165, 1.54) is 41.8 Å². The normalized spacial score (nSPS) is 12.4. The van der Waals surface area contributed by atoms with E-state index in [9.17, 15) is 13.2 Å². The molecule has 0 aliphatic heterocycles. The van der Waals surface area contributed by atoms with Crippen LogP contribution in [0, 0.1) is 0 Å². The molecule has 0 fully saturated rings. The molecule has 2 aromatic heterocycles. The van der Waals surface area contributed by atoms with Gasteiger partial charge in [0, 0.05) is 11.6 Å². The van der Waals surface area contributed by atoms with Crippen molar-refractivity contribution in [1.82, 2.24) is 9.38 Å². The summed E-state index contributed by atoms with van der Waals surface area (Å²) in [5, 5.41) is 2.17. The summed E-state index contributed by atoms with van der Waals surface area (Å²) in [6.45, 7) is 0. The number of aromatic nitrogens is 2. The van der Waals surface area contributed by atoms with Crippen LogP contribution < -0.4 is 4.74 Å². The van der Waals surface area contributed by atoms with Crippen LogP contribution in [0.4, 0.5) is 18.9 Å². The van der Waals surface area contributed by atoms with Crippen molar-refractivity contribution < 1.29 is 17.9 Å². The monoisotopic (exact) mass is 345 g/mol. The second-order valence-electron chi connectivity index (χ2n) is 4.14. The molecular weight excluding hydrogens is 339 g/mol. The van der Waals surface area contributed by atoms with Crippen molar-refractivity contribution in [3.05, 3.63) is 46.7 Å². The number of halogens is 4. The highest BCUT2D eigenvalue weighted by Crippen LogP contribution is 2.25. The molecule has 0 atom stereocenters.